The van der Waals surface area contributed by atoms with Gasteiger partial charge in [0.25, 0.3) is 5.91 Å². The molecule has 0 atom stereocenters. The number of nitrogens with zero attached hydrogens (tertiary/aromatic N) is 3. The van der Waals surface area contributed by atoms with Crippen LogP contribution in [-0.4, -0.2) is 61.7 Å². The number of unbranched alkanes of at least 4 members (excludes halogenated alkanes) is 1. The van der Waals surface area contributed by atoms with Crippen LogP contribution in [0, 0.1) is 0 Å². The van der Waals surface area contributed by atoms with Gasteiger partial charge >= 0.3 is 0 Å². The Labute approximate surface area is 187 Å². The Bertz CT molecular complexity index is 948. The lowest BCUT2D eigenvalue weighted by Crippen LogP contribution is -2.48. The number of para-hydroxylation sites is 1. The van der Waals surface area contributed by atoms with Crippen LogP contribution in [0.25, 0.3) is 10.2 Å². The lowest BCUT2D eigenvalue weighted by atomic mass is 10.2. The van der Waals surface area contributed by atoms with Gasteiger partial charge in [-0.05, 0) is 42.8 Å². The quantitative estimate of drug-likeness (QED) is 0.511. The third kappa shape index (κ3) is 5.74. The number of nitrogens with one attached hydrogen (secondary N) is 1. The maximum Gasteiger partial charge on any atom is 0.251 e. The zero-order valence-electron chi connectivity index (χ0n) is 18.0. The topological polar surface area (TPSA) is 57.7 Å². The Morgan fingerprint density at radius 2 is 1.87 bits per heavy atom. The molecule has 1 aromatic heterocycles. The van der Waals surface area contributed by atoms with Crippen LogP contribution in [0.1, 0.15) is 30.1 Å². The van der Waals surface area contributed by atoms with Crippen molar-refractivity contribution in [2.24, 2.45) is 0 Å². The monoisotopic (exact) mass is 438 g/mol. The molecule has 1 amide bonds. The number of carbonyl (C=O) groups is 1. The first-order valence-electron chi connectivity index (χ1n) is 11.1. The van der Waals surface area contributed by atoms with E-state index in [9.17, 15) is 4.79 Å². The second-order valence-corrected chi connectivity index (χ2v) is 8.78. The predicted octanol–water partition coefficient (Wildman–Crippen LogP) is 4.03. The molecule has 0 saturated carbocycles. The van der Waals surface area contributed by atoms with E-state index >= 15 is 0 Å². The molecule has 0 radical (unpaired) electrons. The Balaban J connectivity index is 1.18. The molecule has 1 fully saturated rings. The van der Waals surface area contributed by atoms with Crippen molar-refractivity contribution in [3.05, 3.63) is 54.1 Å². The van der Waals surface area contributed by atoms with Crippen LogP contribution in [0.2, 0.25) is 0 Å². The Hall–Kier alpha value is -2.64. The summed E-state index contributed by atoms with van der Waals surface area (Å²) < 4.78 is 6.89. The highest BCUT2D eigenvalue weighted by atomic mass is 32.1. The molecular weight excluding hydrogens is 408 g/mol. The van der Waals surface area contributed by atoms with Crippen LogP contribution < -0.4 is 15.0 Å². The number of carbonyl (C=O) groups excluding carboxylic acids is 1. The van der Waals surface area contributed by atoms with Crippen molar-refractivity contribution in [2.45, 2.75) is 19.8 Å². The first-order chi connectivity index (χ1) is 15.2. The molecule has 1 aliphatic heterocycles. The largest absolute Gasteiger partial charge is 0.494 e. The number of amides is 1. The summed E-state index contributed by atoms with van der Waals surface area (Å²) in [5.74, 6) is 0.782. The molecule has 0 spiro atoms. The second kappa shape index (κ2) is 10.6. The predicted molar refractivity (Wildman–Crippen MR) is 127 cm³/mol. The van der Waals surface area contributed by atoms with Crippen molar-refractivity contribution in [1.29, 1.82) is 0 Å². The molecule has 3 aromatic rings. The summed E-state index contributed by atoms with van der Waals surface area (Å²) in [6.07, 6.45) is 2.15. The maximum absolute atomic E-state index is 12.4. The normalized spacial score (nSPS) is 14.7. The molecular formula is C24H30N4O2S. The Kier molecular flexibility index (Phi) is 7.38. The van der Waals surface area contributed by atoms with E-state index in [4.69, 9.17) is 9.72 Å². The molecule has 0 bridgehead atoms. The van der Waals surface area contributed by atoms with Gasteiger partial charge in [0.2, 0.25) is 0 Å². The van der Waals surface area contributed by atoms with E-state index in [2.05, 4.69) is 40.2 Å². The highest BCUT2D eigenvalue weighted by Crippen LogP contribution is 2.29. The minimum atomic E-state index is -0.0341. The van der Waals surface area contributed by atoms with Crippen molar-refractivity contribution in [1.82, 2.24) is 15.2 Å². The minimum Gasteiger partial charge on any atom is -0.494 e. The van der Waals surface area contributed by atoms with Crippen LogP contribution in [0.4, 0.5) is 5.13 Å². The lowest BCUT2D eigenvalue weighted by molar-refractivity contribution is 0.0947. The van der Waals surface area contributed by atoms with E-state index in [1.807, 2.05) is 30.3 Å². The van der Waals surface area contributed by atoms with Gasteiger partial charge in [-0.25, -0.2) is 4.98 Å². The third-order valence-corrected chi connectivity index (χ3v) is 6.62. The fourth-order valence-electron chi connectivity index (χ4n) is 3.62. The summed E-state index contributed by atoms with van der Waals surface area (Å²) in [6.45, 7) is 8.26. The number of benzene rings is 2. The number of rotatable bonds is 9. The van der Waals surface area contributed by atoms with E-state index in [0.717, 1.165) is 62.0 Å². The van der Waals surface area contributed by atoms with Gasteiger partial charge in [-0.1, -0.05) is 36.8 Å². The zero-order chi connectivity index (χ0) is 21.5. The molecule has 31 heavy (non-hydrogen) atoms. The molecule has 0 unspecified atom stereocenters. The summed E-state index contributed by atoms with van der Waals surface area (Å²) in [5.41, 5.74) is 1.75. The van der Waals surface area contributed by atoms with Gasteiger partial charge < -0.3 is 15.0 Å². The van der Waals surface area contributed by atoms with E-state index in [1.165, 1.54) is 4.70 Å². The van der Waals surface area contributed by atoms with Crippen molar-refractivity contribution in [2.75, 3.05) is 50.8 Å². The van der Waals surface area contributed by atoms with E-state index in [0.29, 0.717) is 18.7 Å². The standard InChI is InChI=1S/C24H30N4O2S/c1-2-3-18-30-20-10-8-19(9-11-20)23(29)25-12-13-27-14-16-28(17-15-27)24-26-21-6-4-5-7-22(21)31-24/h4-11H,2-3,12-18H2,1H3,(H,25,29). The Morgan fingerprint density at radius 1 is 1.10 bits per heavy atom. The van der Waals surface area contributed by atoms with Gasteiger partial charge in [0.05, 0.1) is 16.8 Å². The first kappa shape index (κ1) is 21.6. The number of piperazine rings is 1. The lowest BCUT2D eigenvalue weighted by Gasteiger charge is -2.34. The molecule has 4 rings (SSSR count). The first-order valence-corrected chi connectivity index (χ1v) is 11.9. The number of ether oxygens (including phenoxy) is 1. The number of thiazole rings is 1. The minimum absolute atomic E-state index is 0.0341. The molecule has 2 aromatic carbocycles. The molecule has 164 valence electrons. The van der Waals surface area contributed by atoms with Gasteiger partial charge in [0, 0.05) is 44.8 Å². The van der Waals surface area contributed by atoms with E-state index in [-0.39, 0.29) is 5.91 Å². The number of anilines is 1. The van der Waals surface area contributed by atoms with Crippen LogP contribution in [0.5, 0.6) is 5.75 Å². The Morgan fingerprint density at radius 3 is 2.61 bits per heavy atom. The summed E-state index contributed by atoms with van der Waals surface area (Å²) in [6, 6.07) is 15.7. The van der Waals surface area contributed by atoms with Crippen molar-refractivity contribution in [3.8, 4) is 5.75 Å². The average Bonchev–Trinajstić information content (AvgIpc) is 3.24. The van der Waals surface area contributed by atoms with Crippen molar-refractivity contribution in [3.63, 3.8) is 0 Å². The number of fused-ring (bicyclic) bond motifs is 1. The molecule has 2 heterocycles. The summed E-state index contributed by atoms with van der Waals surface area (Å²) >= 11 is 1.76. The van der Waals surface area contributed by atoms with Crippen LogP contribution >= 0.6 is 11.3 Å². The number of hydrogen-bond acceptors (Lipinski definition) is 6. The zero-order valence-corrected chi connectivity index (χ0v) is 18.9. The van der Waals surface area contributed by atoms with Gasteiger partial charge in [0.1, 0.15) is 5.75 Å². The highest BCUT2D eigenvalue weighted by Gasteiger charge is 2.19. The SMILES string of the molecule is CCCCOc1ccc(C(=O)NCCN2CCN(c3nc4ccccc4s3)CC2)cc1. The molecule has 6 nitrogen and oxygen atoms in total. The third-order valence-electron chi connectivity index (χ3n) is 5.52. The fraction of sp³-hybridized carbons (Fsp3) is 0.417. The maximum atomic E-state index is 12.4. The van der Waals surface area contributed by atoms with E-state index < -0.39 is 0 Å². The second-order valence-electron chi connectivity index (χ2n) is 7.78. The van der Waals surface area contributed by atoms with E-state index in [1.54, 1.807) is 11.3 Å². The van der Waals surface area contributed by atoms with Gasteiger partial charge in [-0.15, -0.1) is 0 Å². The van der Waals surface area contributed by atoms with Crippen LogP contribution in [0.15, 0.2) is 48.5 Å². The fourth-order valence-corrected chi connectivity index (χ4v) is 4.64. The number of hydrogen-bond donors (Lipinski definition) is 1. The van der Waals surface area contributed by atoms with Gasteiger partial charge in [-0.3, -0.25) is 9.69 Å². The van der Waals surface area contributed by atoms with Crippen molar-refractivity contribution < 1.29 is 9.53 Å². The van der Waals surface area contributed by atoms with Gasteiger partial charge in [-0.2, -0.15) is 0 Å². The van der Waals surface area contributed by atoms with Crippen LogP contribution in [-0.2, 0) is 0 Å². The van der Waals surface area contributed by atoms with Crippen LogP contribution in [0.3, 0.4) is 0 Å². The summed E-state index contributed by atoms with van der Waals surface area (Å²) in [7, 11) is 0. The molecule has 0 aliphatic carbocycles. The molecule has 1 aliphatic rings. The average molecular weight is 439 g/mol. The smallest absolute Gasteiger partial charge is 0.251 e. The molecule has 7 heteroatoms. The highest BCUT2D eigenvalue weighted by molar-refractivity contribution is 7.22. The summed E-state index contributed by atoms with van der Waals surface area (Å²) in [5, 5.41) is 4.14. The number of aromatic nitrogens is 1. The molecule has 1 saturated heterocycles. The molecule has 1 N–H and O–H groups in total. The van der Waals surface area contributed by atoms with Gasteiger partial charge in [0.15, 0.2) is 5.13 Å². The van der Waals surface area contributed by atoms with Crippen molar-refractivity contribution >= 4 is 32.6 Å². The summed E-state index contributed by atoms with van der Waals surface area (Å²) in [4.78, 5) is 21.9.